The van der Waals surface area contributed by atoms with E-state index in [0.29, 0.717) is 5.25 Å². The Kier molecular flexibility index (Phi) is 3.08. The Morgan fingerprint density at radius 1 is 1.20 bits per heavy atom. The van der Waals surface area contributed by atoms with Crippen LogP contribution in [0.4, 0.5) is 0 Å². The lowest BCUT2D eigenvalue weighted by atomic mass is 9.81. The maximum absolute atomic E-state index is 5.28. The lowest BCUT2D eigenvalue weighted by Crippen LogP contribution is -2.43. The highest BCUT2D eigenvalue weighted by Gasteiger charge is 2.34. The molecule has 15 heavy (non-hydrogen) atoms. The summed E-state index contributed by atoms with van der Waals surface area (Å²) in [5.74, 6) is 0. The third-order valence-electron chi connectivity index (χ3n) is 2.76. The molecule has 1 fully saturated rings. The van der Waals surface area contributed by atoms with Gasteiger partial charge in [-0.1, -0.05) is 32.9 Å². The summed E-state index contributed by atoms with van der Waals surface area (Å²) in [6.45, 7) is 8.44. The van der Waals surface area contributed by atoms with Crippen LogP contribution >= 0.6 is 11.8 Å². The van der Waals surface area contributed by atoms with Crippen LogP contribution in [0.1, 0.15) is 26.3 Å². The SMILES string of the molecule is CC(C)Sc1ccc(C2(C)COC2)cc1. The molecule has 1 heterocycles. The lowest BCUT2D eigenvalue weighted by molar-refractivity contribution is -0.0500. The molecular weight excluding hydrogens is 204 g/mol. The van der Waals surface area contributed by atoms with Gasteiger partial charge in [-0.05, 0) is 17.7 Å². The van der Waals surface area contributed by atoms with Gasteiger partial charge in [-0.25, -0.2) is 0 Å². The van der Waals surface area contributed by atoms with Gasteiger partial charge in [0, 0.05) is 15.6 Å². The van der Waals surface area contributed by atoms with Gasteiger partial charge in [0.25, 0.3) is 0 Å². The van der Waals surface area contributed by atoms with Crippen LogP contribution in [0.2, 0.25) is 0 Å². The molecule has 1 nitrogen and oxygen atoms in total. The smallest absolute Gasteiger partial charge is 0.0582 e. The summed E-state index contributed by atoms with van der Waals surface area (Å²) in [5, 5.41) is 0.651. The van der Waals surface area contributed by atoms with Crippen molar-refractivity contribution < 1.29 is 4.74 Å². The number of hydrogen-bond acceptors (Lipinski definition) is 2. The third kappa shape index (κ3) is 2.37. The van der Waals surface area contributed by atoms with Crippen molar-refractivity contribution >= 4 is 11.8 Å². The molecule has 1 aliphatic rings. The van der Waals surface area contributed by atoms with E-state index in [2.05, 4.69) is 45.0 Å². The Morgan fingerprint density at radius 3 is 2.20 bits per heavy atom. The normalized spacial score (nSPS) is 18.9. The Balaban J connectivity index is 2.10. The molecule has 0 radical (unpaired) electrons. The van der Waals surface area contributed by atoms with Gasteiger partial charge < -0.3 is 4.74 Å². The number of benzene rings is 1. The second-order valence-corrected chi connectivity index (χ2v) is 6.39. The van der Waals surface area contributed by atoms with E-state index in [1.165, 1.54) is 10.5 Å². The Morgan fingerprint density at radius 2 is 1.80 bits per heavy atom. The maximum Gasteiger partial charge on any atom is 0.0582 e. The third-order valence-corrected chi connectivity index (χ3v) is 3.78. The summed E-state index contributed by atoms with van der Waals surface area (Å²) in [7, 11) is 0. The fraction of sp³-hybridized carbons (Fsp3) is 0.538. The first-order valence-electron chi connectivity index (χ1n) is 5.45. The molecule has 0 aromatic heterocycles. The average molecular weight is 222 g/mol. The molecule has 1 aromatic rings. The molecule has 0 bridgehead atoms. The summed E-state index contributed by atoms with van der Waals surface area (Å²) in [6, 6.07) is 8.94. The Hall–Kier alpha value is -0.470. The highest BCUT2D eigenvalue weighted by atomic mass is 32.2. The van der Waals surface area contributed by atoms with Gasteiger partial charge >= 0.3 is 0 Å². The second-order valence-electron chi connectivity index (χ2n) is 4.74. The van der Waals surface area contributed by atoms with Gasteiger partial charge in [0.05, 0.1) is 13.2 Å². The molecule has 1 aromatic carbocycles. The molecule has 0 atom stereocenters. The van der Waals surface area contributed by atoms with Crippen LogP contribution in [0.25, 0.3) is 0 Å². The fourth-order valence-corrected chi connectivity index (χ4v) is 2.62. The van der Waals surface area contributed by atoms with Crippen molar-refractivity contribution in [2.24, 2.45) is 0 Å². The average Bonchev–Trinajstić information content (AvgIpc) is 2.14. The monoisotopic (exact) mass is 222 g/mol. The van der Waals surface area contributed by atoms with E-state index in [4.69, 9.17) is 4.74 Å². The van der Waals surface area contributed by atoms with E-state index in [1.807, 2.05) is 11.8 Å². The summed E-state index contributed by atoms with van der Waals surface area (Å²) in [5.41, 5.74) is 1.67. The minimum atomic E-state index is 0.265. The largest absolute Gasteiger partial charge is 0.379 e. The Bertz CT molecular complexity index is 325. The molecular formula is C13H18OS. The first-order valence-corrected chi connectivity index (χ1v) is 6.33. The van der Waals surface area contributed by atoms with Gasteiger partial charge in [-0.15, -0.1) is 11.8 Å². The van der Waals surface area contributed by atoms with Gasteiger partial charge in [0.2, 0.25) is 0 Å². The summed E-state index contributed by atoms with van der Waals surface area (Å²) in [4.78, 5) is 1.36. The predicted octanol–water partition coefficient (Wildman–Crippen LogP) is 3.48. The predicted molar refractivity (Wildman–Crippen MR) is 65.6 cm³/mol. The van der Waals surface area contributed by atoms with Crippen LogP contribution in [0.5, 0.6) is 0 Å². The van der Waals surface area contributed by atoms with Crippen LogP contribution in [-0.2, 0) is 10.2 Å². The van der Waals surface area contributed by atoms with Crippen LogP contribution in [0.15, 0.2) is 29.2 Å². The highest BCUT2D eigenvalue weighted by molar-refractivity contribution is 7.99. The van der Waals surface area contributed by atoms with Crippen molar-refractivity contribution in [2.75, 3.05) is 13.2 Å². The minimum absolute atomic E-state index is 0.265. The molecule has 0 unspecified atom stereocenters. The van der Waals surface area contributed by atoms with E-state index >= 15 is 0 Å². The topological polar surface area (TPSA) is 9.23 Å². The van der Waals surface area contributed by atoms with Gasteiger partial charge in [0.1, 0.15) is 0 Å². The van der Waals surface area contributed by atoms with Crippen LogP contribution in [0, 0.1) is 0 Å². The van der Waals surface area contributed by atoms with E-state index < -0.39 is 0 Å². The summed E-state index contributed by atoms with van der Waals surface area (Å²) in [6.07, 6.45) is 0. The number of thioether (sulfide) groups is 1. The van der Waals surface area contributed by atoms with Crippen molar-refractivity contribution in [1.82, 2.24) is 0 Å². The molecule has 2 heteroatoms. The zero-order valence-electron chi connectivity index (χ0n) is 9.62. The lowest BCUT2D eigenvalue weighted by Gasteiger charge is -2.38. The highest BCUT2D eigenvalue weighted by Crippen LogP contribution is 2.33. The second kappa shape index (κ2) is 4.18. The molecule has 0 amide bonds. The van der Waals surface area contributed by atoms with E-state index in [9.17, 15) is 0 Å². The first-order chi connectivity index (χ1) is 7.10. The molecule has 2 rings (SSSR count). The first kappa shape index (κ1) is 11.0. The summed E-state index contributed by atoms with van der Waals surface area (Å²) >= 11 is 1.91. The maximum atomic E-state index is 5.28. The van der Waals surface area contributed by atoms with Gasteiger partial charge in [-0.3, -0.25) is 0 Å². The minimum Gasteiger partial charge on any atom is -0.379 e. The zero-order chi connectivity index (χ0) is 10.9. The number of hydrogen-bond donors (Lipinski definition) is 0. The molecule has 82 valence electrons. The van der Waals surface area contributed by atoms with Gasteiger partial charge in [0.15, 0.2) is 0 Å². The van der Waals surface area contributed by atoms with Crippen molar-refractivity contribution in [3.05, 3.63) is 29.8 Å². The van der Waals surface area contributed by atoms with Crippen LogP contribution in [-0.4, -0.2) is 18.5 Å². The summed E-state index contributed by atoms with van der Waals surface area (Å²) < 4.78 is 5.28. The van der Waals surface area contributed by atoms with Crippen molar-refractivity contribution in [3.63, 3.8) is 0 Å². The van der Waals surface area contributed by atoms with Crippen molar-refractivity contribution in [1.29, 1.82) is 0 Å². The number of rotatable bonds is 3. The molecule has 0 aliphatic carbocycles. The van der Waals surface area contributed by atoms with E-state index in [-0.39, 0.29) is 5.41 Å². The molecule has 0 spiro atoms. The molecule has 0 saturated carbocycles. The Labute approximate surface area is 96.2 Å². The zero-order valence-corrected chi connectivity index (χ0v) is 10.4. The quantitative estimate of drug-likeness (QED) is 0.724. The van der Waals surface area contributed by atoms with Crippen molar-refractivity contribution in [3.8, 4) is 0 Å². The fourth-order valence-electron chi connectivity index (χ4n) is 1.78. The molecule has 0 N–H and O–H groups in total. The van der Waals surface area contributed by atoms with E-state index in [0.717, 1.165) is 13.2 Å². The van der Waals surface area contributed by atoms with Gasteiger partial charge in [-0.2, -0.15) is 0 Å². The number of ether oxygens (including phenoxy) is 1. The van der Waals surface area contributed by atoms with Crippen LogP contribution < -0.4 is 0 Å². The van der Waals surface area contributed by atoms with Crippen molar-refractivity contribution in [2.45, 2.75) is 36.3 Å². The molecule has 1 saturated heterocycles. The van der Waals surface area contributed by atoms with Crippen LogP contribution in [0.3, 0.4) is 0 Å². The standard InChI is InChI=1S/C13H18OS/c1-10(2)15-12-6-4-11(5-7-12)13(3)8-14-9-13/h4-7,10H,8-9H2,1-3H3. The molecule has 1 aliphatic heterocycles. The van der Waals surface area contributed by atoms with E-state index in [1.54, 1.807) is 0 Å².